The highest BCUT2D eigenvalue weighted by Crippen LogP contribution is 2.24. The van der Waals surface area contributed by atoms with Crippen LogP contribution < -0.4 is 10.1 Å². The third-order valence-corrected chi connectivity index (χ3v) is 4.80. The molecule has 0 radical (unpaired) electrons. The molecule has 5 nitrogen and oxygen atoms in total. The molecule has 0 unspecified atom stereocenters. The van der Waals surface area contributed by atoms with Crippen molar-refractivity contribution in [2.75, 3.05) is 11.9 Å². The number of anilines is 1. The molecule has 2 N–H and O–H groups in total. The van der Waals surface area contributed by atoms with E-state index >= 15 is 0 Å². The largest absolute Gasteiger partial charge is 0.494 e. The number of nitrogens with zero attached hydrogens (tertiary/aromatic N) is 2. The summed E-state index contributed by atoms with van der Waals surface area (Å²) in [6.07, 6.45) is 0. The van der Waals surface area contributed by atoms with Crippen molar-refractivity contribution in [3.8, 4) is 5.75 Å². The summed E-state index contributed by atoms with van der Waals surface area (Å²) in [7, 11) is 0. The topological polar surface area (TPSA) is 70.9 Å². The van der Waals surface area contributed by atoms with E-state index in [0.29, 0.717) is 17.9 Å². The fourth-order valence-corrected chi connectivity index (χ4v) is 3.19. The first-order valence-corrected chi connectivity index (χ1v) is 10.2. The highest BCUT2D eigenvalue weighted by Gasteiger charge is 2.17. The number of rotatable bonds is 8. The zero-order valence-electron chi connectivity index (χ0n) is 17.5. The Labute approximate surface area is 185 Å². The molecule has 0 spiro atoms. The molecule has 3 rings (SSSR count). The summed E-state index contributed by atoms with van der Waals surface area (Å²) in [5.41, 5.74) is 1.68. The summed E-state index contributed by atoms with van der Waals surface area (Å²) >= 11 is 6.12. The molecule has 0 saturated heterocycles. The minimum Gasteiger partial charge on any atom is -0.494 e. The standard InChI is InChI=1S/C23H23ClF2N4O/c1-4-31-14-9-17(25)16(18(26)10-14)12-28-19-8-6-5-7-15(19)22(27)23-29-20(13(2)3)11-21(24)30-23/h5-11,13,27-28H,4,12H2,1-3H3. The van der Waals surface area contributed by atoms with Gasteiger partial charge in [0.05, 0.1) is 6.61 Å². The van der Waals surface area contributed by atoms with Crippen molar-refractivity contribution >= 4 is 23.0 Å². The molecule has 2 aromatic carbocycles. The Morgan fingerprint density at radius 1 is 1.13 bits per heavy atom. The lowest BCUT2D eigenvalue weighted by Crippen LogP contribution is -2.13. The Morgan fingerprint density at radius 2 is 1.81 bits per heavy atom. The second kappa shape index (κ2) is 9.83. The van der Waals surface area contributed by atoms with Crippen molar-refractivity contribution in [1.82, 2.24) is 9.97 Å². The molecule has 0 amide bonds. The molecule has 0 aliphatic rings. The molecule has 0 aliphatic carbocycles. The van der Waals surface area contributed by atoms with E-state index in [2.05, 4.69) is 15.3 Å². The van der Waals surface area contributed by atoms with Gasteiger partial charge in [-0.25, -0.2) is 18.7 Å². The number of halogens is 3. The van der Waals surface area contributed by atoms with Gasteiger partial charge >= 0.3 is 0 Å². The number of ether oxygens (including phenoxy) is 1. The van der Waals surface area contributed by atoms with Crippen LogP contribution in [0.3, 0.4) is 0 Å². The van der Waals surface area contributed by atoms with Crippen LogP contribution in [0.2, 0.25) is 5.15 Å². The van der Waals surface area contributed by atoms with Gasteiger partial charge in [-0.3, -0.25) is 5.41 Å². The van der Waals surface area contributed by atoms with Crippen LogP contribution in [0.5, 0.6) is 5.75 Å². The minimum absolute atomic E-state index is 0.0557. The van der Waals surface area contributed by atoms with Crippen molar-refractivity contribution in [3.63, 3.8) is 0 Å². The van der Waals surface area contributed by atoms with Crippen molar-refractivity contribution < 1.29 is 13.5 Å². The lowest BCUT2D eigenvalue weighted by Gasteiger charge is -2.15. The summed E-state index contributed by atoms with van der Waals surface area (Å²) in [6, 6.07) is 11.0. The molecule has 1 aromatic heterocycles. The Bertz CT molecular complexity index is 1080. The van der Waals surface area contributed by atoms with E-state index in [-0.39, 0.29) is 40.5 Å². The molecule has 0 saturated carbocycles. The Kier molecular flexibility index (Phi) is 7.17. The second-order valence-corrected chi connectivity index (χ2v) is 7.55. The monoisotopic (exact) mass is 444 g/mol. The third kappa shape index (κ3) is 5.35. The second-order valence-electron chi connectivity index (χ2n) is 7.17. The first-order valence-electron chi connectivity index (χ1n) is 9.87. The van der Waals surface area contributed by atoms with Crippen molar-refractivity contribution in [3.05, 3.63) is 81.9 Å². The molecule has 0 fully saturated rings. The summed E-state index contributed by atoms with van der Waals surface area (Å²) in [5.74, 6) is -0.969. The van der Waals surface area contributed by atoms with Gasteiger partial charge in [0.15, 0.2) is 5.82 Å². The number of hydrogen-bond donors (Lipinski definition) is 2. The van der Waals surface area contributed by atoms with E-state index in [1.807, 2.05) is 13.8 Å². The van der Waals surface area contributed by atoms with Crippen molar-refractivity contribution in [2.24, 2.45) is 0 Å². The van der Waals surface area contributed by atoms with Crippen molar-refractivity contribution in [2.45, 2.75) is 33.2 Å². The van der Waals surface area contributed by atoms with E-state index in [9.17, 15) is 8.78 Å². The molecule has 0 atom stereocenters. The Balaban J connectivity index is 1.87. The van der Waals surface area contributed by atoms with Crippen LogP contribution in [0.1, 0.15) is 49.3 Å². The van der Waals surface area contributed by atoms with Gasteiger partial charge < -0.3 is 10.1 Å². The number of hydrogen-bond acceptors (Lipinski definition) is 5. The first-order chi connectivity index (χ1) is 14.8. The normalized spacial score (nSPS) is 10.9. The number of para-hydroxylation sites is 1. The number of aromatic nitrogens is 2. The highest BCUT2D eigenvalue weighted by molar-refractivity contribution is 6.29. The summed E-state index contributed by atoms with van der Waals surface area (Å²) < 4.78 is 33.9. The molecular formula is C23H23ClF2N4O. The summed E-state index contributed by atoms with van der Waals surface area (Å²) in [4.78, 5) is 8.62. The van der Waals surface area contributed by atoms with Crippen LogP contribution in [-0.4, -0.2) is 22.3 Å². The summed E-state index contributed by atoms with van der Waals surface area (Å²) in [5, 5.41) is 11.9. The first kappa shape index (κ1) is 22.6. The van der Waals surface area contributed by atoms with Gasteiger partial charge in [0.25, 0.3) is 0 Å². The maximum Gasteiger partial charge on any atom is 0.179 e. The Morgan fingerprint density at radius 3 is 2.45 bits per heavy atom. The fourth-order valence-electron chi connectivity index (χ4n) is 3.00. The third-order valence-electron chi connectivity index (χ3n) is 4.61. The molecule has 1 heterocycles. The predicted octanol–water partition coefficient (Wildman–Crippen LogP) is 5.96. The number of benzene rings is 2. The SMILES string of the molecule is CCOc1cc(F)c(CNc2ccccc2C(=N)c2nc(Cl)cc(C(C)C)n2)c(F)c1. The molecule has 162 valence electrons. The quantitative estimate of drug-likeness (QED) is 0.332. The van der Waals surface area contributed by atoms with Crippen LogP contribution in [0.15, 0.2) is 42.5 Å². The van der Waals surface area contributed by atoms with E-state index in [4.69, 9.17) is 21.7 Å². The van der Waals surface area contributed by atoms with E-state index in [1.54, 1.807) is 37.3 Å². The lowest BCUT2D eigenvalue weighted by molar-refractivity contribution is 0.335. The van der Waals surface area contributed by atoms with Crippen LogP contribution in [0.4, 0.5) is 14.5 Å². The zero-order chi connectivity index (χ0) is 22.5. The van der Waals surface area contributed by atoms with Crippen LogP contribution in [0.25, 0.3) is 0 Å². The van der Waals surface area contributed by atoms with E-state index in [1.165, 1.54) is 0 Å². The maximum absolute atomic E-state index is 14.4. The Hall–Kier alpha value is -3.06. The van der Waals surface area contributed by atoms with Gasteiger partial charge in [0.1, 0.15) is 28.2 Å². The molecule has 8 heteroatoms. The lowest BCUT2D eigenvalue weighted by atomic mass is 10.1. The smallest absolute Gasteiger partial charge is 0.179 e. The minimum atomic E-state index is -0.705. The average Bonchev–Trinajstić information content (AvgIpc) is 2.72. The van der Waals surface area contributed by atoms with Gasteiger partial charge in [-0.1, -0.05) is 43.6 Å². The van der Waals surface area contributed by atoms with Gasteiger partial charge in [0, 0.05) is 41.2 Å². The van der Waals surface area contributed by atoms with E-state index < -0.39 is 11.6 Å². The predicted molar refractivity (Wildman–Crippen MR) is 118 cm³/mol. The van der Waals surface area contributed by atoms with Crippen LogP contribution >= 0.6 is 11.6 Å². The highest BCUT2D eigenvalue weighted by atomic mass is 35.5. The van der Waals surface area contributed by atoms with Crippen LogP contribution in [0, 0.1) is 17.0 Å². The van der Waals surface area contributed by atoms with Crippen molar-refractivity contribution in [1.29, 1.82) is 5.41 Å². The summed E-state index contributed by atoms with van der Waals surface area (Å²) in [6.45, 7) is 5.89. The van der Waals surface area contributed by atoms with Gasteiger partial charge in [0.2, 0.25) is 0 Å². The average molecular weight is 445 g/mol. The maximum atomic E-state index is 14.4. The van der Waals surface area contributed by atoms with Gasteiger partial charge in [-0.05, 0) is 25.0 Å². The van der Waals surface area contributed by atoms with Gasteiger partial charge in [-0.2, -0.15) is 0 Å². The number of nitrogens with one attached hydrogen (secondary N) is 2. The molecule has 31 heavy (non-hydrogen) atoms. The molecular weight excluding hydrogens is 422 g/mol. The molecule has 0 bridgehead atoms. The van der Waals surface area contributed by atoms with Gasteiger partial charge in [-0.15, -0.1) is 0 Å². The van der Waals surface area contributed by atoms with E-state index in [0.717, 1.165) is 17.8 Å². The fraction of sp³-hybridized carbons (Fsp3) is 0.261. The molecule has 0 aliphatic heterocycles. The van der Waals surface area contributed by atoms with Crippen LogP contribution in [-0.2, 0) is 6.54 Å². The zero-order valence-corrected chi connectivity index (χ0v) is 18.2. The molecule has 3 aromatic rings.